The van der Waals surface area contributed by atoms with Crippen LogP contribution in [0.5, 0.6) is 0 Å². The molecule has 0 spiro atoms. The fourth-order valence-electron chi connectivity index (χ4n) is 5.24. The molecule has 2 aromatic carbocycles. The molecule has 3 heterocycles. The third-order valence-corrected chi connectivity index (χ3v) is 8.28. The van der Waals surface area contributed by atoms with E-state index < -0.39 is 17.6 Å². The number of nitrogens with zero attached hydrogens (tertiary/aromatic N) is 4. The Morgan fingerprint density at radius 1 is 1.10 bits per heavy atom. The molecule has 1 aromatic heterocycles. The van der Waals surface area contributed by atoms with E-state index in [0.717, 1.165) is 35.6 Å². The van der Waals surface area contributed by atoms with E-state index in [4.69, 9.17) is 4.74 Å². The van der Waals surface area contributed by atoms with Crippen LogP contribution in [0.4, 0.5) is 15.6 Å². The number of fused-ring (bicyclic) bond motifs is 1. The highest BCUT2D eigenvalue weighted by atomic mass is 32.1. The molecule has 3 amide bonds. The van der Waals surface area contributed by atoms with Crippen LogP contribution in [0.1, 0.15) is 58.7 Å². The van der Waals surface area contributed by atoms with Crippen molar-refractivity contribution in [3.8, 4) is 6.07 Å². The number of likely N-dealkylation sites (tertiary alicyclic amines) is 1. The summed E-state index contributed by atoms with van der Waals surface area (Å²) < 4.78 is 5.60. The van der Waals surface area contributed by atoms with Gasteiger partial charge in [0.05, 0.1) is 23.2 Å². The van der Waals surface area contributed by atoms with Gasteiger partial charge in [-0.3, -0.25) is 14.9 Å². The maximum absolute atomic E-state index is 13.6. The molecule has 0 saturated carbocycles. The molecule has 10 nitrogen and oxygen atoms in total. The highest BCUT2D eigenvalue weighted by molar-refractivity contribution is 7.15. The van der Waals surface area contributed by atoms with Gasteiger partial charge in [0, 0.05) is 54.6 Å². The molecule has 1 fully saturated rings. The van der Waals surface area contributed by atoms with Crippen LogP contribution in [-0.4, -0.2) is 65.0 Å². The minimum Gasteiger partial charge on any atom is -0.444 e. The number of hydrogen-bond donors (Lipinski definition) is 2. The van der Waals surface area contributed by atoms with Crippen molar-refractivity contribution in [2.24, 2.45) is 5.92 Å². The van der Waals surface area contributed by atoms with Gasteiger partial charge in [0.2, 0.25) is 5.91 Å². The first-order valence-corrected chi connectivity index (χ1v) is 14.7. The summed E-state index contributed by atoms with van der Waals surface area (Å²) >= 11 is 1.49. The second-order valence-electron chi connectivity index (χ2n) is 11.7. The fourth-order valence-corrected chi connectivity index (χ4v) is 6.32. The number of carbonyl (C=O) groups is 3. The Bertz CT molecular complexity index is 1560. The zero-order chi connectivity index (χ0) is 30.0. The first-order chi connectivity index (χ1) is 20.0. The lowest BCUT2D eigenvalue weighted by Gasteiger charge is -2.24. The Balaban J connectivity index is 1.37. The number of nitrogens with one attached hydrogen (secondary N) is 2. The van der Waals surface area contributed by atoms with Crippen LogP contribution in [0.3, 0.4) is 0 Å². The molecule has 2 aliphatic rings. The first-order valence-electron chi connectivity index (χ1n) is 13.9. The summed E-state index contributed by atoms with van der Waals surface area (Å²) in [6.07, 6.45) is 0.356. The Hall–Kier alpha value is -4.27. The topological polar surface area (TPSA) is 128 Å². The van der Waals surface area contributed by atoms with Crippen LogP contribution >= 0.6 is 11.3 Å². The van der Waals surface area contributed by atoms with E-state index in [9.17, 15) is 19.6 Å². The van der Waals surface area contributed by atoms with Gasteiger partial charge in [-0.1, -0.05) is 18.2 Å². The Kier molecular flexibility index (Phi) is 8.29. The number of thiazole rings is 1. The van der Waals surface area contributed by atoms with E-state index >= 15 is 0 Å². The summed E-state index contributed by atoms with van der Waals surface area (Å²) in [6, 6.07) is 15.9. The third kappa shape index (κ3) is 6.78. The predicted octanol–water partition coefficient (Wildman–Crippen LogP) is 4.84. The number of carbonyl (C=O) groups excluding carboxylic acids is 3. The van der Waals surface area contributed by atoms with Crippen LogP contribution < -0.4 is 10.6 Å². The lowest BCUT2D eigenvalue weighted by molar-refractivity contribution is -0.119. The first kappa shape index (κ1) is 29.2. The van der Waals surface area contributed by atoms with Crippen LogP contribution in [-0.2, 0) is 22.5 Å². The molecule has 0 unspecified atom stereocenters. The lowest BCUT2D eigenvalue weighted by Crippen LogP contribution is -2.36. The molecule has 0 aliphatic carbocycles. The summed E-state index contributed by atoms with van der Waals surface area (Å²) in [5, 5.41) is 15.7. The molecule has 2 atom stereocenters. The van der Waals surface area contributed by atoms with Crippen LogP contribution in [0.2, 0.25) is 0 Å². The van der Waals surface area contributed by atoms with Crippen molar-refractivity contribution in [3.05, 3.63) is 75.8 Å². The molecular weight excluding hydrogens is 552 g/mol. The van der Waals surface area contributed by atoms with Gasteiger partial charge in [-0.25, -0.2) is 9.78 Å². The van der Waals surface area contributed by atoms with E-state index in [2.05, 4.69) is 33.6 Å². The standard InChI is InChI=1S/C31H34N6O4S/c1-31(2,3)41-30(40)37-16-23(24(17-37)28(39)33-22-10-5-7-19(13-22)15-32)20-8-6-9-21(14-20)27(38)35-29-34-25-11-12-36(4)18-26(25)42-29/h5-10,13-14,23-24H,11-12,16-18H2,1-4H3,(H,33,39)(H,34,35,38)/t23-,24+/m0/s1. The fraction of sp³-hybridized carbons (Fsp3) is 0.387. The van der Waals surface area contributed by atoms with Gasteiger partial charge < -0.3 is 19.9 Å². The van der Waals surface area contributed by atoms with Crippen molar-refractivity contribution >= 4 is 40.1 Å². The van der Waals surface area contributed by atoms with E-state index in [1.807, 2.05) is 6.07 Å². The monoisotopic (exact) mass is 586 g/mol. The molecule has 2 N–H and O–H groups in total. The number of anilines is 2. The second kappa shape index (κ2) is 11.9. The Morgan fingerprint density at radius 3 is 2.64 bits per heavy atom. The van der Waals surface area contributed by atoms with Gasteiger partial charge >= 0.3 is 6.09 Å². The van der Waals surface area contributed by atoms with Gasteiger partial charge in [0.15, 0.2) is 5.13 Å². The number of rotatable bonds is 5. The van der Waals surface area contributed by atoms with Crippen molar-refractivity contribution < 1.29 is 19.1 Å². The molecule has 0 radical (unpaired) electrons. The summed E-state index contributed by atoms with van der Waals surface area (Å²) in [7, 11) is 2.07. The Labute approximate surface area is 249 Å². The quantitative estimate of drug-likeness (QED) is 0.438. The van der Waals surface area contributed by atoms with Crippen molar-refractivity contribution in [3.63, 3.8) is 0 Å². The molecular formula is C31H34N6O4S. The molecule has 5 rings (SSSR count). The van der Waals surface area contributed by atoms with Crippen LogP contribution in [0.25, 0.3) is 0 Å². The number of nitriles is 1. The maximum Gasteiger partial charge on any atom is 0.410 e. The average molecular weight is 587 g/mol. The van der Waals surface area contributed by atoms with Crippen LogP contribution in [0, 0.1) is 17.2 Å². The number of ether oxygens (including phenoxy) is 1. The summed E-state index contributed by atoms with van der Waals surface area (Å²) in [5.41, 5.74) is 2.48. The van der Waals surface area contributed by atoms with Crippen molar-refractivity contribution in [2.75, 3.05) is 37.3 Å². The summed E-state index contributed by atoms with van der Waals surface area (Å²) in [4.78, 5) is 49.4. The highest BCUT2D eigenvalue weighted by Crippen LogP contribution is 2.35. The van der Waals surface area contributed by atoms with Crippen molar-refractivity contribution in [1.82, 2.24) is 14.8 Å². The second-order valence-corrected chi connectivity index (χ2v) is 12.8. The van der Waals surface area contributed by atoms with E-state index in [-0.39, 0.29) is 30.8 Å². The predicted molar refractivity (Wildman–Crippen MR) is 160 cm³/mol. The molecule has 3 aromatic rings. The Morgan fingerprint density at radius 2 is 1.88 bits per heavy atom. The van der Waals surface area contributed by atoms with Gasteiger partial charge in [0.1, 0.15) is 5.60 Å². The largest absolute Gasteiger partial charge is 0.444 e. The van der Waals surface area contributed by atoms with Gasteiger partial charge in [-0.15, -0.1) is 11.3 Å². The number of amides is 3. The molecule has 218 valence electrons. The zero-order valence-corrected chi connectivity index (χ0v) is 25.0. The van der Waals surface area contributed by atoms with E-state index in [0.29, 0.717) is 21.9 Å². The number of likely N-dealkylation sites (N-methyl/N-ethyl adjacent to an activating group) is 1. The minimum absolute atomic E-state index is 0.152. The van der Waals surface area contributed by atoms with Crippen molar-refractivity contribution in [2.45, 2.75) is 45.3 Å². The number of benzene rings is 2. The van der Waals surface area contributed by atoms with Crippen molar-refractivity contribution in [1.29, 1.82) is 5.26 Å². The maximum atomic E-state index is 13.6. The smallest absolute Gasteiger partial charge is 0.410 e. The minimum atomic E-state index is -0.687. The van der Waals surface area contributed by atoms with E-state index in [1.54, 1.807) is 63.2 Å². The molecule has 2 aliphatic heterocycles. The molecule has 0 bridgehead atoms. The number of aromatic nitrogens is 1. The number of hydrogen-bond acceptors (Lipinski definition) is 8. The molecule has 42 heavy (non-hydrogen) atoms. The van der Waals surface area contributed by atoms with Gasteiger partial charge in [0.25, 0.3) is 5.91 Å². The SMILES string of the molecule is CN1CCc2nc(NC(=O)c3cccc([C@@H]4CN(C(=O)OC(C)(C)C)C[C@H]4C(=O)Nc4cccc(C#N)c4)c3)sc2C1. The lowest BCUT2D eigenvalue weighted by atomic mass is 9.87. The molecule has 1 saturated heterocycles. The molecule has 11 heteroatoms. The van der Waals surface area contributed by atoms with Gasteiger partial charge in [-0.2, -0.15) is 5.26 Å². The normalized spacial score (nSPS) is 18.6. The van der Waals surface area contributed by atoms with Crippen LogP contribution in [0.15, 0.2) is 48.5 Å². The third-order valence-electron chi connectivity index (χ3n) is 7.29. The van der Waals surface area contributed by atoms with E-state index in [1.165, 1.54) is 16.2 Å². The zero-order valence-electron chi connectivity index (χ0n) is 24.1. The van der Waals surface area contributed by atoms with Gasteiger partial charge in [-0.05, 0) is 63.7 Å². The average Bonchev–Trinajstić information content (AvgIpc) is 3.56. The summed E-state index contributed by atoms with van der Waals surface area (Å²) in [6.45, 7) is 7.55. The highest BCUT2D eigenvalue weighted by Gasteiger charge is 2.42. The summed E-state index contributed by atoms with van der Waals surface area (Å²) in [5.74, 6) is -1.56.